The summed E-state index contributed by atoms with van der Waals surface area (Å²) < 4.78 is 0. The molecule has 1 atom stereocenters. The number of β-amino-alcohol motifs (C(OH)–C–C–N with tert-alkyl or cyclic N) is 1. The molecule has 0 radical (unpaired) electrons. The Labute approximate surface area is 83.4 Å². The highest BCUT2D eigenvalue weighted by Gasteiger charge is 2.20. The lowest BCUT2D eigenvalue weighted by atomic mass is 10.3. The number of aliphatic hydroxyl groups is 1. The molecule has 0 spiro atoms. The Morgan fingerprint density at radius 3 is 2.93 bits per heavy atom. The molecule has 1 aromatic rings. The quantitative estimate of drug-likeness (QED) is 0.700. The van der Waals surface area contributed by atoms with Crippen molar-refractivity contribution in [1.29, 1.82) is 0 Å². The maximum atomic E-state index is 9.37. The SMILES string of the molecule is NCc1ccc(N2CCC(O)C2)nc1. The number of nitrogens with zero attached hydrogens (tertiary/aromatic N) is 2. The summed E-state index contributed by atoms with van der Waals surface area (Å²) in [6, 6.07) is 3.94. The molecular weight excluding hydrogens is 178 g/mol. The van der Waals surface area contributed by atoms with Gasteiger partial charge in [0, 0.05) is 25.8 Å². The largest absolute Gasteiger partial charge is 0.391 e. The number of aliphatic hydroxyl groups excluding tert-OH is 1. The predicted octanol–water partition coefficient (Wildman–Crippen LogP) is 0.111. The van der Waals surface area contributed by atoms with Gasteiger partial charge in [0.2, 0.25) is 0 Å². The van der Waals surface area contributed by atoms with Crippen molar-refractivity contribution in [3.05, 3.63) is 23.9 Å². The zero-order chi connectivity index (χ0) is 9.97. The summed E-state index contributed by atoms with van der Waals surface area (Å²) >= 11 is 0. The van der Waals surface area contributed by atoms with Gasteiger partial charge in [0.1, 0.15) is 5.82 Å². The molecular formula is C10H15N3O. The van der Waals surface area contributed by atoms with E-state index < -0.39 is 0 Å². The van der Waals surface area contributed by atoms with E-state index in [-0.39, 0.29) is 6.10 Å². The van der Waals surface area contributed by atoms with Crippen molar-refractivity contribution < 1.29 is 5.11 Å². The molecule has 1 fully saturated rings. The molecule has 1 aromatic heterocycles. The van der Waals surface area contributed by atoms with Crippen molar-refractivity contribution in [3.8, 4) is 0 Å². The number of aromatic nitrogens is 1. The topological polar surface area (TPSA) is 62.4 Å². The number of rotatable bonds is 2. The monoisotopic (exact) mass is 193 g/mol. The van der Waals surface area contributed by atoms with Gasteiger partial charge in [-0.3, -0.25) is 0 Å². The molecule has 1 aliphatic rings. The van der Waals surface area contributed by atoms with Crippen molar-refractivity contribution in [1.82, 2.24) is 4.98 Å². The highest BCUT2D eigenvalue weighted by molar-refractivity contribution is 5.40. The number of hydrogen-bond acceptors (Lipinski definition) is 4. The van der Waals surface area contributed by atoms with E-state index in [1.807, 2.05) is 12.1 Å². The van der Waals surface area contributed by atoms with Crippen LogP contribution in [0.25, 0.3) is 0 Å². The summed E-state index contributed by atoms with van der Waals surface area (Å²) in [5, 5.41) is 9.37. The second-order valence-corrected chi connectivity index (χ2v) is 3.62. The van der Waals surface area contributed by atoms with E-state index in [1.165, 1.54) is 0 Å². The molecule has 76 valence electrons. The first kappa shape index (κ1) is 9.43. The van der Waals surface area contributed by atoms with Crippen molar-refractivity contribution in [2.75, 3.05) is 18.0 Å². The van der Waals surface area contributed by atoms with Crippen LogP contribution in [0.1, 0.15) is 12.0 Å². The zero-order valence-corrected chi connectivity index (χ0v) is 8.06. The summed E-state index contributed by atoms with van der Waals surface area (Å²) in [7, 11) is 0. The Balaban J connectivity index is 2.09. The van der Waals surface area contributed by atoms with Crippen molar-refractivity contribution in [3.63, 3.8) is 0 Å². The Morgan fingerprint density at radius 1 is 1.57 bits per heavy atom. The average molecular weight is 193 g/mol. The molecule has 0 bridgehead atoms. The molecule has 1 aliphatic heterocycles. The van der Waals surface area contributed by atoms with Gasteiger partial charge in [0.25, 0.3) is 0 Å². The predicted molar refractivity (Wildman–Crippen MR) is 55.0 cm³/mol. The van der Waals surface area contributed by atoms with E-state index in [9.17, 15) is 5.11 Å². The maximum Gasteiger partial charge on any atom is 0.128 e. The highest BCUT2D eigenvalue weighted by Crippen LogP contribution is 2.17. The first-order valence-electron chi connectivity index (χ1n) is 4.87. The van der Waals surface area contributed by atoms with Crippen LogP contribution in [0.4, 0.5) is 5.82 Å². The molecule has 0 aliphatic carbocycles. The van der Waals surface area contributed by atoms with Crippen LogP contribution in [-0.4, -0.2) is 29.3 Å². The van der Waals surface area contributed by atoms with Crippen LogP contribution in [0.2, 0.25) is 0 Å². The molecule has 2 heterocycles. The molecule has 4 nitrogen and oxygen atoms in total. The highest BCUT2D eigenvalue weighted by atomic mass is 16.3. The third-order valence-electron chi connectivity index (χ3n) is 2.53. The van der Waals surface area contributed by atoms with E-state index in [4.69, 9.17) is 5.73 Å². The summed E-state index contributed by atoms with van der Waals surface area (Å²) in [6.07, 6.45) is 2.42. The Kier molecular flexibility index (Phi) is 2.65. The van der Waals surface area contributed by atoms with Gasteiger partial charge in [-0.2, -0.15) is 0 Å². The molecule has 2 rings (SSSR count). The van der Waals surface area contributed by atoms with Gasteiger partial charge in [-0.25, -0.2) is 4.98 Å². The minimum atomic E-state index is -0.203. The number of anilines is 1. The Bertz CT molecular complexity index is 299. The lowest BCUT2D eigenvalue weighted by Crippen LogP contribution is -2.22. The van der Waals surface area contributed by atoms with Crippen LogP contribution < -0.4 is 10.6 Å². The molecule has 3 N–H and O–H groups in total. The van der Waals surface area contributed by atoms with E-state index >= 15 is 0 Å². The summed E-state index contributed by atoms with van der Waals surface area (Å²) in [6.45, 7) is 2.10. The number of nitrogens with two attached hydrogens (primary N) is 1. The minimum absolute atomic E-state index is 0.203. The Hall–Kier alpha value is -1.13. The van der Waals surface area contributed by atoms with Gasteiger partial charge >= 0.3 is 0 Å². The van der Waals surface area contributed by atoms with E-state index in [2.05, 4.69) is 9.88 Å². The number of pyridine rings is 1. The molecule has 4 heteroatoms. The van der Waals surface area contributed by atoms with Crippen LogP contribution in [0.5, 0.6) is 0 Å². The molecule has 0 aromatic carbocycles. The fourth-order valence-electron chi connectivity index (χ4n) is 1.67. The van der Waals surface area contributed by atoms with Gasteiger partial charge in [-0.05, 0) is 18.1 Å². The maximum absolute atomic E-state index is 9.37. The zero-order valence-electron chi connectivity index (χ0n) is 8.06. The van der Waals surface area contributed by atoms with Crippen LogP contribution in [0.3, 0.4) is 0 Å². The first-order chi connectivity index (χ1) is 6.79. The van der Waals surface area contributed by atoms with Crippen molar-refractivity contribution in [2.45, 2.75) is 19.1 Å². The standard InChI is InChI=1S/C10H15N3O/c11-5-8-1-2-10(12-6-8)13-4-3-9(14)7-13/h1-2,6,9,14H,3-5,7,11H2. The van der Waals surface area contributed by atoms with Crippen LogP contribution >= 0.6 is 0 Å². The second kappa shape index (κ2) is 3.94. The van der Waals surface area contributed by atoms with Crippen LogP contribution in [-0.2, 0) is 6.54 Å². The van der Waals surface area contributed by atoms with Gasteiger partial charge in [-0.1, -0.05) is 6.07 Å². The molecule has 1 unspecified atom stereocenters. The van der Waals surface area contributed by atoms with E-state index in [0.29, 0.717) is 13.1 Å². The fraction of sp³-hybridized carbons (Fsp3) is 0.500. The summed E-state index contributed by atoms with van der Waals surface area (Å²) in [5.74, 6) is 0.929. The minimum Gasteiger partial charge on any atom is -0.391 e. The van der Waals surface area contributed by atoms with Crippen molar-refractivity contribution >= 4 is 5.82 Å². The van der Waals surface area contributed by atoms with Gasteiger partial charge < -0.3 is 15.7 Å². The Morgan fingerprint density at radius 2 is 2.43 bits per heavy atom. The second-order valence-electron chi connectivity index (χ2n) is 3.62. The molecule has 0 saturated carbocycles. The normalized spacial score (nSPS) is 21.6. The average Bonchev–Trinajstić information content (AvgIpc) is 2.65. The smallest absolute Gasteiger partial charge is 0.128 e. The lowest BCUT2D eigenvalue weighted by Gasteiger charge is -2.16. The molecule has 0 amide bonds. The van der Waals surface area contributed by atoms with Gasteiger partial charge in [0.15, 0.2) is 0 Å². The number of hydrogen-bond donors (Lipinski definition) is 2. The van der Waals surface area contributed by atoms with E-state index in [1.54, 1.807) is 6.20 Å². The first-order valence-corrected chi connectivity index (χ1v) is 4.87. The van der Waals surface area contributed by atoms with E-state index in [0.717, 1.165) is 24.3 Å². The summed E-state index contributed by atoms with van der Waals surface area (Å²) in [4.78, 5) is 6.39. The lowest BCUT2D eigenvalue weighted by molar-refractivity contribution is 0.198. The third kappa shape index (κ3) is 1.86. The van der Waals surface area contributed by atoms with Crippen molar-refractivity contribution in [2.24, 2.45) is 5.73 Å². The molecule has 14 heavy (non-hydrogen) atoms. The third-order valence-corrected chi connectivity index (χ3v) is 2.53. The van der Waals surface area contributed by atoms with Gasteiger partial charge in [-0.15, -0.1) is 0 Å². The van der Waals surface area contributed by atoms with Gasteiger partial charge in [0.05, 0.1) is 6.10 Å². The summed E-state index contributed by atoms with van der Waals surface area (Å²) in [5.41, 5.74) is 6.52. The van der Waals surface area contributed by atoms with Crippen LogP contribution in [0.15, 0.2) is 18.3 Å². The van der Waals surface area contributed by atoms with Crippen LogP contribution in [0, 0.1) is 0 Å². The molecule has 1 saturated heterocycles. The fourth-order valence-corrected chi connectivity index (χ4v) is 1.67.